The molecule has 1 aromatic carbocycles. The van der Waals surface area contributed by atoms with Crippen LogP contribution in [0.3, 0.4) is 0 Å². The lowest BCUT2D eigenvalue weighted by atomic mass is 9.86. The van der Waals surface area contributed by atoms with Crippen molar-refractivity contribution in [1.29, 1.82) is 0 Å². The minimum Gasteiger partial charge on any atom is -0.380 e. The first-order valence-electron chi connectivity index (χ1n) is 6.46. The second-order valence-electron chi connectivity index (χ2n) is 6.18. The second kappa shape index (κ2) is 4.30. The fourth-order valence-electron chi connectivity index (χ4n) is 2.25. The van der Waals surface area contributed by atoms with Gasteiger partial charge in [-0.1, -0.05) is 26.8 Å². The number of rotatable bonds is 0. The van der Waals surface area contributed by atoms with E-state index in [-0.39, 0.29) is 17.4 Å². The Balaban J connectivity index is 2.51. The average Bonchev–Trinajstić information content (AvgIpc) is 2.35. The predicted octanol–water partition coefficient (Wildman–Crippen LogP) is 3.15. The smallest absolute Gasteiger partial charge is 0.228 e. The molecule has 0 saturated heterocycles. The Labute approximate surface area is 109 Å². The fourth-order valence-corrected chi connectivity index (χ4v) is 2.25. The SMILES string of the molecule is CC1CC(=O)N(C)c2cc(C(C)(C)C)ccc2N1. The zero-order chi connectivity index (χ0) is 13.5. The molecule has 2 rings (SSSR count). The Morgan fingerprint density at radius 1 is 1.33 bits per heavy atom. The van der Waals surface area contributed by atoms with E-state index in [0.717, 1.165) is 11.4 Å². The van der Waals surface area contributed by atoms with Crippen LogP contribution in [-0.4, -0.2) is 19.0 Å². The van der Waals surface area contributed by atoms with Gasteiger partial charge in [-0.25, -0.2) is 0 Å². The van der Waals surface area contributed by atoms with Crippen LogP contribution < -0.4 is 10.2 Å². The molecule has 0 aromatic heterocycles. The van der Waals surface area contributed by atoms with E-state index < -0.39 is 0 Å². The summed E-state index contributed by atoms with van der Waals surface area (Å²) in [6, 6.07) is 6.53. The number of benzene rings is 1. The molecular formula is C15H22N2O. The number of carbonyl (C=O) groups excluding carboxylic acids is 1. The summed E-state index contributed by atoms with van der Waals surface area (Å²) in [6.07, 6.45) is 0.538. The molecule has 0 fully saturated rings. The maximum Gasteiger partial charge on any atom is 0.228 e. The van der Waals surface area contributed by atoms with Crippen molar-refractivity contribution in [3.63, 3.8) is 0 Å². The lowest BCUT2D eigenvalue weighted by molar-refractivity contribution is -0.118. The van der Waals surface area contributed by atoms with Crippen molar-refractivity contribution in [1.82, 2.24) is 0 Å². The largest absolute Gasteiger partial charge is 0.380 e. The molecule has 1 amide bonds. The number of fused-ring (bicyclic) bond motifs is 1. The summed E-state index contributed by atoms with van der Waals surface area (Å²) in [5.41, 5.74) is 3.37. The number of anilines is 2. The van der Waals surface area contributed by atoms with Crippen molar-refractivity contribution in [3.8, 4) is 0 Å². The van der Waals surface area contributed by atoms with Crippen LogP contribution in [0.1, 0.15) is 39.7 Å². The van der Waals surface area contributed by atoms with Gasteiger partial charge in [-0.05, 0) is 30.0 Å². The van der Waals surface area contributed by atoms with Gasteiger partial charge in [-0.15, -0.1) is 0 Å². The van der Waals surface area contributed by atoms with E-state index in [0.29, 0.717) is 6.42 Å². The van der Waals surface area contributed by atoms with Crippen LogP contribution in [-0.2, 0) is 10.2 Å². The molecule has 1 N–H and O–H groups in total. The van der Waals surface area contributed by atoms with E-state index in [1.54, 1.807) is 4.90 Å². The summed E-state index contributed by atoms with van der Waals surface area (Å²) in [7, 11) is 1.85. The first-order valence-corrected chi connectivity index (χ1v) is 6.46. The summed E-state index contributed by atoms with van der Waals surface area (Å²) in [5.74, 6) is 0.166. The minimum absolute atomic E-state index is 0.0941. The highest BCUT2D eigenvalue weighted by Crippen LogP contribution is 2.34. The quantitative estimate of drug-likeness (QED) is 0.762. The Kier molecular flexibility index (Phi) is 3.09. The molecule has 1 aromatic rings. The maximum absolute atomic E-state index is 12.0. The standard InChI is InChI=1S/C15H22N2O/c1-10-8-14(18)17(5)13-9-11(15(2,3)4)6-7-12(13)16-10/h6-7,9-10,16H,8H2,1-5H3. The summed E-state index contributed by atoms with van der Waals surface area (Å²) in [5, 5.41) is 3.40. The molecule has 1 aliphatic heterocycles. The monoisotopic (exact) mass is 246 g/mol. The molecule has 1 heterocycles. The van der Waals surface area contributed by atoms with E-state index in [2.05, 4.69) is 44.3 Å². The highest BCUT2D eigenvalue weighted by molar-refractivity contribution is 5.98. The van der Waals surface area contributed by atoms with Crippen LogP contribution in [0.5, 0.6) is 0 Å². The number of amides is 1. The van der Waals surface area contributed by atoms with Crippen molar-refractivity contribution >= 4 is 17.3 Å². The number of nitrogens with zero attached hydrogens (tertiary/aromatic N) is 1. The van der Waals surface area contributed by atoms with E-state index in [4.69, 9.17) is 0 Å². The third-order valence-corrected chi connectivity index (χ3v) is 3.48. The van der Waals surface area contributed by atoms with Gasteiger partial charge in [-0.3, -0.25) is 4.79 Å². The number of nitrogens with one attached hydrogen (secondary N) is 1. The molecule has 0 bridgehead atoms. The highest BCUT2D eigenvalue weighted by Gasteiger charge is 2.24. The molecule has 1 atom stereocenters. The zero-order valence-electron chi connectivity index (χ0n) is 11.9. The van der Waals surface area contributed by atoms with Gasteiger partial charge in [0.2, 0.25) is 5.91 Å². The Morgan fingerprint density at radius 2 is 2.00 bits per heavy atom. The normalized spacial score (nSPS) is 20.2. The van der Waals surface area contributed by atoms with Gasteiger partial charge in [0, 0.05) is 19.5 Å². The fraction of sp³-hybridized carbons (Fsp3) is 0.533. The number of carbonyl (C=O) groups is 1. The molecule has 3 heteroatoms. The molecule has 0 aliphatic carbocycles. The average molecular weight is 246 g/mol. The Hall–Kier alpha value is -1.51. The molecule has 98 valence electrons. The molecular weight excluding hydrogens is 224 g/mol. The molecule has 1 aliphatic rings. The van der Waals surface area contributed by atoms with Crippen molar-refractivity contribution in [2.75, 3.05) is 17.3 Å². The molecule has 18 heavy (non-hydrogen) atoms. The van der Waals surface area contributed by atoms with Crippen molar-refractivity contribution < 1.29 is 4.79 Å². The summed E-state index contributed by atoms with van der Waals surface area (Å²) in [4.78, 5) is 13.8. The van der Waals surface area contributed by atoms with Crippen LogP contribution in [0, 0.1) is 0 Å². The van der Waals surface area contributed by atoms with Gasteiger partial charge in [0.1, 0.15) is 0 Å². The molecule has 3 nitrogen and oxygen atoms in total. The Morgan fingerprint density at radius 3 is 2.61 bits per heavy atom. The van der Waals surface area contributed by atoms with Crippen LogP contribution in [0.25, 0.3) is 0 Å². The predicted molar refractivity (Wildman–Crippen MR) is 76.3 cm³/mol. The third kappa shape index (κ3) is 2.35. The maximum atomic E-state index is 12.0. The van der Waals surface area contributed by atoms with E-state index in [1.165, 1.54) is 5.56 Å². The number of hydrogen-bond donors (Lipinski definition) is 1. The molecule has 0 spiro atoms. The van der Waals surface area contributed by atoms with Crippen LogP contribution >= 0.6 is 0 Å². The lowest BCUT2D eigenvalue weighted by Crippen LogP contribution is -2.27. The van der Waals surface area contributed by atoms with E-state index in [9.17, 15) is 4.79 Å². The number of hydrogen-bond acceptors (Lipinski definition) is 2. The van der Waals surface area contributed by atoms with Crippen LogP contribution in [0.2, 0.25) is 0 Å². The first kappa shape index (κ1) is 12.9. The minimum atomic E-state index is 0.0941. The molecule has 0 radical (unpaired) electrons. The van der Waals surface area contributed by atoms with Crippen molar-refractivity contribution in [2.24, 2.45) is 0 Å². The van der Waals surface area contributed by atoms with Gasteiger partial charge in [0.05, 0.1) is 11.4 Å². The summed E-state index contributed by atoms with van der Waals surface area (Å²) >= 11 is 0. The van der Waals surface area contributed by atoms with E-state index >= 15 is 0 Å². The zero-order valence-corrected chi connectivity index (χ0v) is 11.9. The first-order chi connectivity index (χ1) is 8.29. The molecule has 1 unspecified atom stereocenters. The van der Waals surface area contributed by atoms with Gasteiger partial charge in [0.15, 0.2) is 0 Å². The second-order valence-corrected chi connectivity index (χ2v) is 6.18. The van der Waals surface area contributed by atoms with Crippen LogP contribution in [0.15, 0.2) is 18.2 Å². The third-order valence-electron chi connectivity index (χ3n) is 3.48. The molecule has 0 saturated carbocycles. The van der Waals surface area contributed by atoms with Crippen molar-refractivity contribution in [3.05, 3.63) is 23.8 Å². The van der Waals surface area contributed by atoms with Crippen LogP contribution in [0.4, 0.5) is 11.4 Å². The highest BCUT2D eigenvalue weighted by atomic mass is 16.2. The van der Waals surface area contributed by atoms with Crippen molar-refractivity contribution in [2.45, 2.75) is 45.6 Å². The lowest BCUT2D eigenvalue weighted by Gasteiger charge is -2.24. The van der Waals surface area contributed by atoms with E-state index in [1.807, 2.05) is 14.0 Å². The van der Waals surface area contributed by atoms with Gasteiger partial charge < -0.3 is 10.2 Å². The topological polar surface area (TPSA) is 32.3 Å². The van der Waals surface area contributed by atoms with Gasteiger partial charge in [-0.2, -0.15) is 0 Å². The summed E-state index contributed by atoms with van der Waals surface area (Å²) < 4.78 is 0. The summed E-state index contributed by atoms with van der Waals surface area (Å²) in [6.45, 7) is 8.59. The van der Waals surface area contributed by atoms with Gasteiger partial charge >= 0.3 is 0 Å². The van der Waals surface area contributed by atoms with Gasteiger partial charge in [0.25, 0.3) is 0 Å². The Bertz CT molecular complexity index is 474.